The summed E-state index contributed by atoms with van der Waals surface area (Å²) in [7, 11) is 0. The molecule has 1 aromatic rings. The number of hydrogen-bond acceptors (Lipinski definition) is 3. The Morgan fingerprint density at radius 2 is 1.94 bits per heavy atom. The highest BCUT2D eigenvalue weighted by molar-refractivity contribution is 5.55. The smallest absolute Gasteiger partial charge is 0.123 e. The van der Waals surface area contributed by atoms with Gasteiger partial charge in [0.05, 0.1) is 11.7 Å². The highest BCUT2D eigenvalue weighted by atomic mass is 19.1. The molecule has 1 unspecified atom stereocenters. The van der Waals surface area contributed by atoms with Gasteiger partial charge in [-0.3, -0.25) is 0 Å². The lowest BCUT2D eigenvalue weighted by atomic mass is 9.93. The van der Waals surface area contributed by atoms with E-state index in [0.29, 0.717) is 18.4 Å². The lowest BCUT2D eigenvalue weighted by Gasteiger charge is -2.38. The van der Waals surface area contributed by atoms with Crippen molar-refractivity contribution in [3.05, 3.63) is 29.6 Å². The molecule has 1 aromatic carbocycles. The first-order chi connectivity index (χ1) is 8.39. The van der Waals surface area contributed by atoms with Gasteiger partial charge in [-0.1, -0.05) is 0 Å². The van der Waals surface area contributed by atoms with Crippen LogP contribution in [0.5, 0.6) is 0 Å². The normalized spacial score (nSPS) is 20.8. The second kappa shape index (κ2) is 4.86. The predicted octanol–water partition coefficient (Wildman–Crippen LogP) is 2.23. The summed E-state index contributed by atoms with van der Waals surface area (Å²) >= 11 is 0. The quantitative estimate of drug-likeness (QED) is 0.849. The second-order valence-electron chi connectivity index (χ2n) is 5.36. The van der Waals surface area contributed by atoms with E-state index in [4.69, 9.17) is 0 Å². The van der Waals surface area contributed by atoms with Gasteiger partial charge in [0.1, 0.15) is 5.82 Å². The van der Waals surface area contributed by atoms with Crippen LogP contribution in [0, 0.1) is 5.82 Å². The fourth-order valence-electron chi connectivity index (χ4n) is 2.38. The molecule has 2 rings (SSSR count). The number of halogens is 1. The maximum Gasteiger partial charge on any atom is 0.123 e. The molecule has 1 fully saturated rings. The van der Waals surface area contributed by atoms with Gasteiger partial charge in [-0.15, -0.1) is 0 Å². The molecular formula is C14H20FNO2. The Morgan fingerprint density at radius 3 is 2.50 bits per heavy atom. The van der Waals surface area contributed by atoms with E-state index in [-0.39, 0.29) is 5.82 Å². The van der Waals surface area contributed by atoms with Crippen LogP contribution in [-0.4, -0.2) is 28.9 Å². The molecule has 1 saturated heterocycles. The lowest BCUT2D eigenvalue weighted by molar-refractivity contribution is 0.0350. The molecule has 0 saturated carbocycles. The number of benzene rings is 1. The first kappa shape index (κ1) is 13.3. The molecule has 1 aliphatic heterocycles. The van der Waals surface area contributed by atoms with Crippen molar-refractivity contribution in [3.8, 4) is 0 Å². The molecule has 2 N–H and O–H groups in total. The molecule has 0 aliphatic carbocycles. The summed E-state index contributed by atoms with van der Waals surface area (Å²) in [6.07, 6.45) is 0.672. The molecule has 0 bridgehead atoms. The van der Waals surface area contributed by atoms with Gasteiger partial charge in [-0.2, -0.15) is 0 Å². The zero-order chi connectivity index (χ0) is 13.3. The molecule has 100 valence electrons. The van der Waals surface area contributed by atoms with Gasteiger partial charge < -0.3 is 15.1 Å². The van der Waals surface area contributed by atoms with Crippen LogP contribution in [0.2, 0.25) is 0 Å². The van der Waals surface area contributed by atoms with E-state index in [1.54, 1.807) is 13.0 Å². The van der Waals surface area contributed by atoms with Crippen LogP contribution >= 0.6 is 0 Å². The molecule has 0 amide bonds. The summed E-state index contributed by atoms with van der Waals surface area (Å²) in [6, 6.07) is 4.50. The van der Waals surface area contributed by atoms with Crippen molar-refractivity contribution in [1.82, 2.24) is 0 Å². The number of aliphatic hydroxyl groups excluding tert-OH is 1. The maximum absolute atomic E-state index is 13.2. The zero-order valence-electron chi connectivity index (χ0n) is 10.9. The maximum atomic E-state index is 13.2. The van der Waals surface area contributed by atoms with Crippen molar-refractivity contribution < 1.29 is 14.6 Å². The fourth-order valence-corrected chi connectivity index (χ4v) is 2.38. The number of aliphatic hydroxyl groups is 2. The van der Waals surface area contributed by atoms with Gasteiger partial charge >= 0.3 is 0 Å². The van der Waals surface area contributed by atoms with Gasteiger partial charge in [-0.25, -0.2) is 4.39 Å². The molecule has 0 aromatic heterocycles. The number of nitrogens with zero attached hydrogens (tertiary/aromatic N) is 1. The van der Waals surface area contributed by atoms with E-state index in [9.17, 15) is 14.6 Å². The molecule has 18 heavy (non-hydrogen) atoms. The summed E-state index contributed by atoms with van der Waals surface area (Å²) in [5.41, 5.74) is 0.861. The minimum Gasteiger partial charge on any atom is -0.390 e. The third kappa shape index (κ3) is 2.82. The Balaban J connectivity index is 2.24. The van der Waals surface area contributed by atoms with Gasteiger partial charge in [0.25, 0.3) is 0 Å². The number of anilines is 1. The van der Waals surface area contributed by atoms with Crippen LogP contribution in [0.15, 0.2) is 18.2 Å². The van der Waals surface area contributed by atoms with Crippen LogP contribution in [0.1, 0.15) is 38.4 Å². The predicted molar refractivity (Wildman–Crippen MR) is 69.1 cm³/mol. The molecule has 1 atom stereocenters. The monoisotopic (exact) mass is 253 g/mol. The molecule has 1 aliphatic rings. The van der Waals surface area contributed by atoms with Crippen molar-refractivity contribution in [2.45, 2.75) is 38.4 Å². The van der Waals surface area contributed by atoms with Crippen LogP contribution in [0.25, 0.3) is 0 Å². The number of rotatable bonds is 2. The van der Waals surface area contributed by atoms with E-state index in [2.05, 4.69) is 4.90 Å². The molecular weight excluding hydrogens is 233 g/mol. The molecule has 0 radical (unpaired) electrons. The summed E-state index contributed by atoms with van der Waals surface area (Å²) in [5, 5.41) is 19.6. The van der Waals surface area contributed by atoms with Gasteiger partial charge in [0.2, 0.25) is 0 Å². The van der Waals surface area contributed by atoms with E-state index in [0.717, 1.165) is 18.8 Å². The average molecular weight is 253 g/mol. The standard InChI is InChI=1S/C14H20FNO2/c1-10(17)12-9-11(15)3-4-13(12)16-7-5-14(2,18)6-8-16/h3-4,9-10,17-18H,5-8H2,1-2H3. The van der Waals surface area contributed by atoms with Crippen molar-refractivity contribution in [2.75, 3.05) is 18.0 Å². The highest BCUT2D eigenvalue weighted by Gasteiger charge is 2.28. The fraction of sp³-hybridized carbons (Fsp3) is 0.571. The molecule has 3 nitrogen and oxygen atoms in total. The molecule has 4 heteroatoms. The van der Waals surface area contributed by atoms with Crippen molar-refractivity contribution in [3.63, 3.8) is 0 Å². The van der Waals surface area contributed by atoms with Crippen molar-refractivity contribution in [2.24, 2.45) is 0 Å². The Bertz CT molecular complexity index is 422. The van der Waals surface area contributed by atoms with E-state index in [1.165, 1.54) is 12.1 Å². The lowest BCUT2D eigenvalue weighted by Crippen LogP contribution is -2.42. The number of piperidine rings is 1. The molecule has 0 spiro atoms. The highest BCUT2D eigenvalue weighted by Crippen LogP contribution is 2.31. The Labute approximate surface area is 107 Å². The largest absolute Gasteiger partial charge is 0.390 e. The third-order valence-electron chi connectivity index (χ3n) is 3.62. The Kier molecular flexibility index (Phi) is 3.59. The number of hydrogen-bond donors (Lipinski definition) is 2. The minimum absolute atomic E-state index is 0.335. The SMILES string of the molecule is CC(O)c1cc(F)ccc1N1CCC(C)(O)CC1. The average Bonchev–Trinajstić information content (AvgIpc) is 2.29. The van der Waals surface area contributed by atoms with Gasteiger partial charge in [0, 0.05) is 24.3 Å². The van der Waals surface area contributed by atoms with E-state index < -0.39 is 11.7 Å². The third-order valence-corrected chi connectivity index (χ3v) is 3.62. The first-order valence-electron chi connectivity index (χ1n) is 6.34. The van der Waals surface area contributed by atoms with Crippen LogP contribution in [0.4, 0.5) is 10.1 Å². The molecule has 1 heterocycles. The first-order valence-corrected chi connectivity index (χ1v) is 6.34. The van der Waals surface area contributed by atoms with Crippen LogP contribution in [0.3, 0.4) is 0 Å². The Hall–Kier alpha value is -1.13. The van der Waals surface area contributed by atoms with Gasteiger partial charge in [-0.05, 0) is 44.9 Å². The summed E-state index contributed by atoms with van der Waals surface area (Å²) in [5.74, 6) is -0.335. The summed E-state index contributed by atoms with van der Waals surface area (Å²) in [6.45, 7) is 4.92. The zero-order valence-corrected chi connectivity index (χ0v) is 10.9. The van der Waals surface area contributed by atoms with Crippen molar-refractivity contribution >= 4 is 5.69 Å². The van der Waals surface area contributed by atoms with Crippen LogP contribution < -0.4 is 4.90 Å². The van der Waals surface area contributed by atoms with E-state index in [1.807, 2.05) is 6.92 Å². The van der Waals surface area contributed by atoms with E-state index >= 15 is 0 Å². The van der Waals surface area contributed by atoms with Crippen LogP contribution in [-0.2, 0) is 0 Å². The second-order valence-corrected chi connectivity index (χ2v) is 5.36. The minimum atomic E-state index is -0.696. The topological polar surface area (TPSA) is 43.7 Å². The summed E-state index contributed by atoms with van der Waals surface area (Å²) < 4.78 is 13.2. The summed E-state index contributed by atoms with van der Waals surface area (Å²) in [4.78, 5) is 2.10. The van der Waals surface area contributed by atoms with Crippen molar-refractivity contribution in [1.29, 1.82) is 0 Å². The Morgan fingerprint density at radius 1 is 1.33 bits per heavy atom. The van der Waals surface area contributed by atoms with Gasteiger partial charge in [0.15, 0.2) is 0 Å².